The number of carbonyl (C=O) groups excluding carboxylic acids is 2. The zero-order valence-corrected chi connectivity index (χ0v) is 16.0. The number of rotatable bonds is 6. The van der Waals surface area contributed by atoms with Gasteiger partial charge in [-0.3, -0.25) is 14.5 Å². The van der Waals surface area contributed by atoms with Crippen LogP contribution in [0.3, 0.4) is 0 Å². The Kier molecular flexibility index (Phi) is 6.57. The molecule has 2 N–H and O–H groups in total. The van der Waals surface area contributed by atoms with E-state index in [1.807, 2.05) is 36.2 Å². The molecule has 0 aliphatic carbocycles. The molecule has 148 valence electrons. The largest absolute Gasteiger partial charge is 0.335 e. The summed E-state index contributed by atoms with van der Waals surface area (Å²) < 4.78 is 12.9. The van der Waals surface area contributed by atoms with E-state index in [1.165, 1.54) is 24.3 Å². The maximum absolute atomic E-state index is 12.9. The number of aromatic nitrogens is 1. The summed E-state index contributed by atoms with van der Waals surface area (Å²) in [6, 6.07) is 11.6. The molecule has 1 aliphatic rings. The minimum Gasteiger partial charge on any atom is -0.335 e. The maximum atomic E-state index is 12.9. The summed E-state index contributed by atoms with van der Waals surface area (Å²) in [5.41, 5.74) is 0.554. The van der Waals surface area contributed by atoms with Crippen molar-refractivity contribution in [3.8, 4) is 0 Å². The molecule has 0 bridgehead atoms. The van der Waals surface area contributed by atoms with E-state index >= 15 is 0 Å². The highest BCUT2D eigenvalue weighted by atomic mass is 19.1. The minimum atomic E-state index is -0.345. The van der Waals surface area contributed by atoms with Crippen LogP contribution in [-0.2, 0) is 9.59 Å². The summed E-state index contributed by atoms with van der Waals surface area (Å²) in [5, 5.41) is 2.74. The Morgan fingerprint density at radius 2 is 1.79 bits per heavy atom. The predicted octanol–water partition coefficient (Wildman–Crippen LogP) is 2.34. The third-order valence-electron chi connectivity index (χ3n) is 4.85. The fourth-order valence-electron chi connectivity index (χ4n) is 3.34. The summed E-state index contributed by atoms with van der Waals surface area (Å²) >= 11 is 0. The molecule has 1 aliphatic heterocycles. The highest BCUT2D eigenvalue weighted by Gasteiger charge is 2.27. The number of anilines is 2. The Morgan fingerprint density at radius 3 is 2.43 bits per heavy atom. The molecule has 2 heterocycles. The van der Waals surface area contributed by atoms with Crippen LogP contribution in [0.15, 0.2) is 48.7 Å². The first-order valence-electron chi connectivity index (χ1n) is 9.56. The molecule has 1 atom stereocenters. The number of benzene rings is 1. The van der Waals surface area contributed by atoms with Gasteiger partial charge in [0, 0.05) is 24.6 Å². The van der Waals surface area contributed by atoms with Crippen molar-refractivity contribution in [2.45, 2.75) is 19.8 Å². The summed E-state index contributed by atoms with van der Waals surface area (Å²) in [5.74, 6) is 0.561. The Morgan fingerprint density at radius 1 is 1.07 bits per heavy atom. The molecule has 3 rings (SSSR count). The number of nitrogens with zero attached hydrogens (tertiary/aromatic N) is 2. The Labute approximate surface area is 164 Å². The monoisotopic (exact) mass is 385 g/mol. The van der Waals surface area contributed by atoms with Gasteiger partial charge >= 0.3 is 0 Å². The molecule has 0 saturated carbocycles. The molecule has 1 fully saturated rings. The van der Waals surface area contributed by atoms with Crippen molar-refractivity contribution in [2.75, 3.05) is 36.4 Å². The third kappa shape index (κ3) is 5.52. The van der Waals surface area contributed by atoms with E-state index in [0.717, 1.165) is 18.9 Å². The zero-order valence-electron chi connectivity index (χ0n) is 16.0. The Balaban J connectivity index is 1.41. The van der Waals surface area contributed by atoms with Gasteiger partial charge in [-0.25, -0.2) is 9.37 Å². The molecule has 0 spiro atoms. The van der Waals surface area contributed by atoms with Gasteiger partial charge in [0.25, 0.3) is 5.82 Å². The van der Waals surface area contributed by atoms with E-state index in [-0.39, 0.29) is 30.0 Å². The van der Waals surface area contributed by atoms with E-state index in [0.29, 0.717) is 25.2 Å². The minimum absolute atomic E-state index is 0.0616. The predicted molar refractivity (Wildman–Crippen MR) is 105 cm³/mol. The molecular formula is C21H26FN4O2+. The van der Waals surface area contributed by atoms with E-state index < -0.39 is 0 Å². The lowest BCUT2D eigenvalue weighted by atomic mass is 10.0. The second kappa shape index (κ2) is 9.30. The molecular weight excluding hydrogens is 359 g/mol. The van der Waals surface area contributed by atoms with Crippen molar-refractivity contribution in [2.24, 2.45) is 5.92 Å². The lowest BCUT2D eigenvalue weighted by Crippen LogP contribution is -2.50. The van der Waals surface area contributed by atoms with Crippen molar-refractivity contribution in [3.05, 3.63) is 54.5 Å². The quantitative estimate of drug-likeness (QED) is 0.830. The van der Waals surface area contributed by atoms with Crippen molar-refractivity contribution in [1.29, 1.82) is 0 Å². The second-order valence-electron chi connectivity index (χ2n) is 7.18. The lowest BCUT2D eigenvalue weighted by molar-refractivity contribution is -0.364. The van der Waals surface area contributed by atoms with Crippen LogP contribution in [0.5, 0.6) is 0 Å². The number of piperazine rings is 1. The SMILES string of the molecule is C[C@@H](CC(=O)Nc1ccc(F)cc1)CC(=O)N1CCN(c2cccc[nH+]2)CC1. The molecule has 2 aromatic rings. The van der Waals surface area contributed by atoms with Gasteiger partial charge in [0.1, 0.15) is 18.9 Å². The van der Waals surface area contributed by atoms with Crippen LogP contribution in [0.4, 0.5) is 15.9 Å². The molecule has 2 amide bonds. The van der Waals surface area contributed by atoms with Crippen LogP contribution in [0, 0.1) is 11.7 Å². The number of amides is 2. The number of H-pyrrole nitrogens is 1. The molecule has 0 unspecified atom stereocenters. The highest BCUT2D eigenvalue weighted by molar-refractivity contribution is 5.91. The Bertz CT molecular complexity index is 790. The summed E-state index contributed by atoms with van der Waals surface area (Å²) in [4.78, 5) is 32.0. The summed E-state index contributed by atoms with van der Waals surface area (Å²) in [6.07, 6.45) is 2.49. The van der Waals surface area contributed by atoms with Gasteiger partial charge in [-0.2, -0.15) is 0 Å². The van der Waals surface area contributed by atoms with Gasteiger partial charge < -0.3 is 10.2 Å². The first kappa shape index (κ1) is 19.8. The summed E-state index contributed by atoms with van der Waals surface area (Å²) in [7, 11) is 0. The lowest BCUT2D eigenvalue weighted by Gasteiger charge is -2.31. The van der Waals surface area contributed by atoms with Gasteiger partial charge in [0.05, 0.1) is 19.3 Å². The van der Waals surface area contributed by atoms with Crippen LogP contribution >= 0.6 is 0 Å². The van der Waals surface area contributed by atoms with E-state index in [4.69, 9.17) is 0 Å². The number of aromatic amines is 1. The number of pyridine rings is 1. The fraction of sp³-hybridized carbons (Fsp3) is 0.381. The second-order valence-corrected chi connectivity index (χ2v) is 7.18. The molecule has 1 aromatic heterocycles. The van der Waals surface area contributed by atoms with Crippen molar-refractivity contribution in [3.63, 3.8) is 0 Å². The topological polar surface area (TPSA) is 66.8 Å². The van der Waals surface area contributed by atoms with Crippen LogP contribution in [0.25, 0.3) is 0 Å². The van der Waals surface area contributed by atoms with Gasteiger partial charge in [-0.1, -0.05) is 13.0 Å². The molecule has 0 radical (unpaired) electrons. The van der Waals surface area contributed by atoms with E-state index in [9.17, 15) is 14.0 Å². The van der Waals surface area contributed by atoms with Crippen LogP contribution < -0.4 is 15.2 Å². The van der Waals surface area contributed by atoms with Gasteiger partial charge in [-0.05, 0) is 36.2 Å². The number of halogens is 1. The van der Waals surface area contributed by atoms with Crippen molar-refractivity contribution >= 4 is 23.3 Å². The zero-order chi connectivity index (χ0) is 19.9. The highest BCUT2D eigenvalue weighted by Crippen LogP contribution is 2.16. The number of nitrogens with one attached hydrogen (secondary N) is 2. The van der Waals surface area contributed by atoms with E-state index in [1.54, 1.807) is 0 Å². The average molecular weight is 385 g/mol. The molecule has 1 aromatic carbocycles. The van der Waals surface area contributed by atoms with E-state index in [2.05, 4.69) is 15.2 Å². The van der Waals surface area contributed by atoms with Gasteiger partial charge in [-0.15, -0.1) is 0 Å². The van der Waals surface area contributed by atoms with Crippen molar-refractivity contribution < 1.29 is 19.0 Å². The molecule has 6 nitrogen and oxygen atoms in total. The first-order valence-corrected chi connectivity index (χ1v) is 9.56. The molecule has 7 heteroatoms. The van der Waals surface area contributed by atoms with Crippen LogP contribution in [0.2, 0.25) is 0 Å². The smallest absolute Gasteiger partial charge is 0.274 e. The Hall–Kier alpha value is -2.96. The van der Waals surface area contributed by atoms with Gasteiger partial charge in [0.2, 0.25) is 11.8 Å². The van der Waals surface area contributed by atoms with Crippen molar-refractivity contribution in [1.82, 2.24) is 4.90 Å². The molecule has 28 heavy (non-hydrogen) atoms. The van der Waals surface area contributed by atoms with Crippen LogP contribution in [0.1, 0.15) is 19.8 Å². The summed E-state index contributed by atoms with van der Waals surface area (Å²) in [6.45, 7) is 4.82. The standard InChI is InChI=1S/C21H25FN4O2/c1-16(14-20(27)24-18-7-5-17(22)6-8-18)15-21(28)26-12-10-25(11-13-26)19-4-2-3-9-23-19/h2-9,16H,10-15H2,1H3,(H,24,27)/p+1/t16-/m0/s1. The normalized spacial score (nSPS) is 15.2. The third-order valence-corrected chi connectivity index (χ3v) is 4.85. The average Bonchev–Trinajstić information content (AvgIpc) is 2.70. The first-order chi connectivity index (χ1) is 13.5. The number of hydrogen-bond acceptors (Lipinski definition) is 3. The number of hydrogen-bond donors (Lipinski definition) is 1. The molecule has 1 saturated heterocycles. The van der Waals surface area contributed by atoms with Crippen LogP contribution in [-0.4, -0.2) is 42.9 Å². The number of carbonyl (C=O) groups is 2. The van der Waals surface area contributed by atoms with Gasteiger partial charge in [0.15, 0.2) is 0 Å². The maximum Gasteiger partial charge on any atom is 0.274 e. The fourth-order valence-corrected chi connectivity index (χ4v) is 3.34.